The van der Waals surface area contributed by atoms with Crippen molar-refractivity contribution in [1.82, 2.24) is 9.47 Å². The van der Waals surface area contributed by atoms with E-state index in [1.165, 1.54) is 15.9 Å². The van der Waals surface area contributed by atoms with E-state index in [0.717, 1.165) is 34.1 Å². The van der Waals surface area contributed by atoms with Gasteiger partial charge in [0.2, 0.25) is 0 Å². The number of pyridine rings is 1. The molecule has 28 heavy (non-hydrogen) atoms. The number of amides is 1. The maximum absolute atomic E-state index is 13.2. The van der Waals surface area contributed by atoms with Crippen LogP contribution in [0.3, 0.4) is 0 Å². The fourth-order valence-corrected chi connectivity index (χ4v) is 4.74. The summed E-state index contributed by atoms with van der Waals surface area (Å²) < 4.78 is 7.62. The van der Waals surface area contributed by atoms with Crippen LogP contribution in [0.4, 0.5) is 5.69 Å². The predicted molar refractivity (Wildman–Crippen MR) is 113 cm³/mol. The van der Waals surface area contributed by atoms with Gasteiger partial charge in [0.05, 0.1) is 18.1 Å². The van der Waals surface area contributed by atoms with E-state index in [4.69, 9.17) is 4.74 Å². The van der Waals surface area contributed by atoms with E-state index in [0.29, 0.717) is 24.0 Å². The molecular weight excluding hydrogens is 374 g/mol. The summed E-state index contributed by atoms with van der Waals surface area (Å²) in [6, 6.07) is 9.88. The molecule has 6 nitrogen and oxygen atoms in total. The molecule has 1 aromatic carbocycles. The number of rotatable bonds is 3. The molecule has 1 fully saturated rings. The maximum atomic E-state index is 13.2. The minimum Gasteiger partial charge on any atom is -0.497 e. The lowest BCUT2D eigenvalue weighted by atomic mass is 10.1. The topological polar surface area (TPSA) is 54.8 Å². The molecule has 0 saturated carbocycles. The molecule has 4 rings (SSSR count). The summed E-state index contributed by atoms with van der Waals surface area (Å²) in [5.74, 6) is 0.792. The van der Waals surface area contributed by atoms with Crippen molar-refractivity contribution in [3.8, 4) is 5.75 Å². The zero-order chi connectivity index (χ0) is 19.8. The Labute approximate surface area is 167 Å². The van der Waals surface area contributed by atoms with Crippen LogP contribution < -0.4 is 15.2 Å². The summed E-state index contributed by atoms with van der Waals surface area (Å²) in [6.07, 6.45) is 1.75. The first-order chi connectivity index (χ1) is 13.5. The van der Waals surface area contributed by atoms with Crippen molar-refractivity contribution in [2.45, 2.75) is 6.92 Å². The summed E-state index contributed by atoms with van der Waals surface area (Å²) in [7, 11) is 3.37. The lowest BCUT2D eigenvalue weighted by molar-refractivity contribution is 0.0748. The van der Waals surface area contributed by atoms with Gasteiger partial charge in [-0.2, -0.15) is 0 Å². The molecular formula is C21H23N3O3S. The number of benzene rings is 1. The van der Waals surface area contributed by atoms with Crippen LogP contribution in [0.2, 0.25) is 0 Å². The molecule has 1 amide bonds. The van der Waals surface area contributed by atoms with Crippen molar-refractivity contribution < 1.29 is 9.53 Å². The third-order valence-electron chi connectivity index (χ3n) is 5.31. The van der Waals surface area contributed by atoms with Crippen LogP contribution in [0.15, 0.2) is 41.3 Å². The standard InChI is InChI=1S/C21H23N3O3S/c1-14-18(19-17(28-14)8-9-22(2)20(19)25)21(26)24-12-10-23(11-13-24)15-4-6-16(27-3)7-5-15/h4-9H,10-13H2,1-3H3. The van der Waals surface area contributed by atoms with Gasteiger partial charge in [0.15, 0.2) is 0 Å². The van der Waals surface area contributed by atoms with Crippen LogP contribution in [0.25, 0.3) is 10.1 Å². The van der Waals surface area contributed by atoms with Crippen molar-refractivity contribution in [2.75, 3.05) is 38.2 Å². The van der Waals surface area contributed by atoms with Gasteiger partial charge in [0.25, 0.3) is 11.5 Å². The van der Waals surface area contributed by atoms with Gasteiger partial charge < -0.3 is 19.1 Å². The first-order valence-corrected chi connectivity index (χ1v) is 10.1. The molecule has 1 aliphatic heterocycles. The number of nitrogens with zero attached hydrogens (tertiary/aromatic N) is 3. The number of hydrogen-bond donors (Lipinski definition) is 0. The lowest BCUT2D eigenvalue weighted by Gasteiger charge is -2.36. The number of piperazine rings is 1. The third-order valence-corrected chi connectivity index (χ3v) is 6.38. The van der Waals surface area contributed by atoms with Crippen LogP contribution >= 0.6 is 11.3 Å². The number of ether oxygens (including phenoxy) is 1. The molecule has 0 atom stereocenters. The average molecular weight is 398 g/mol. The van der Waals surface area contributed by atoms with E-state index in [2.05, 4.69) is 4.90 Å². The number of methoxy groups -OCH3 is 1. The van der Waals surface area contributed by atoms with Crippen molar-refractivity contribution in [1.29, 1.82) is 0 Å². The monoisotopic (exact) mass is 397 g/mol. The summed E-state index contributed by atoms with van der Waals surface area (Å²) in [6.45, 7) is 4.71. The predicted octanol–water partition coefficient (Wildman–Crippen LogP) is 2.88. The van der Waals surface area contributed by atoms with E-state index in [1.807, 2.05) is 42.2 Å². The maximum Gasteiger partial charge on any atom is 0.259 e. The second-order valence-electron chi connectivity index (χ2n) is 6.98. The third kappa shape index (κ3) is 3.16. The van der Waals surface area contributed by atoms with Crippen LogP contribution in [0, 0.1) is 6.92 Å². The normalized spacial score (nSPS) is 14.5. The second kappa shape index (κ2) is 7.31. The minimum absolute atomic E-state index is 0.0403. The van der Waals surface area contributed by atoms with E-state index in [9.17, 15) is 9.59 Å². The Hall–Kier alpha value is -2.80. The fourth-order valence-electron chi connectivity index (χ4n) is 3.70. The summed E-state index contributed by atoms with van der Waals surface area (Å²) in [4.78, 5) is 30.9. The highest BCUT2D eigenvalue weighted by Gasteiger charge is 2.27. The van der Waals surface area contributed by atoms with E-state index in [1.54, 1.807) is 20.4 Å². The largest absolute Gasteiger partial charge is 0.497 e. The molecule has 0 bridgehead atoms. The van der Waals surface area contributed by atoms with Crippen LogP contribution in [-0.2, 0) is 7.05 Å². The number of carbonyl (C=O) groups is 1. The van der Waals surface area contributed by atoms with E-state index < -0.39 is 0 Å². The molecule has 0 radical (unpaired) electrons. The number of hydrogen-bond acceptors (Lipinski definition) is 5. The van der Waals surface area contributed by atoms with Gasteiger partial charge in [0.1, 0.15) is 5.75 Å². The summed E-state index contributed by atoms with van der Waals surface area (Å²) in [5, 5.41) is 0.551. The Balaban J connectivity index is 1.54. The van der Waals surface area contributed by atoms with Gasteiger partial charge in [-0.05, 0) is 37.3 Å². The van der Waals surface area contributed by atoms with Crippen LogP contribution in [-0.4, -0.2) is 48.7 Å². The molecule has 7 heteroatoms. The number of aryl methyl sites for hydroxylation is 2. The second-order valence-corrected chi connectivity index (χ2v) is 8.24. The fraction of sp³-hybridized carbons (Fsp3) is 0.333. The van der Waals surface area contributed by atoms with Gasteiger partial charge in [0, 0.05) is 54.7 Å². The van der Waals surface area contributed by atoms with Gasteiger partial charge in [-0.15, -0.1) is 11.3 Å². The number of fused-ring (bicyclic) bond motifs is 1. The highest BCUT2D eigenvalue weighted by atomic mass is 32.1. The van der Waals surface area contributed by atoms with Gasteiger partial charge in [-0.25, -0.2) is 0 Å². The Morgan fingerprint density at radius 3 is 2.39 bits per heavy atom. The van der Waals surface area contributed by atoms with Crippen molar-refractivity contribution in [3.63, 3.8) is 0 Å². The first kappa shape index (κ1) is 18.6. The van der Waals surface area contributed by atoms with Crippen LogP contribution in [0.5, 0.6) is 5.75 Å². The molecule has 1 saturated heterocycles. The van der Waals surface area contributed by atoms with Gasteiger partial charge >= 0.3 is 0 Å². The Morgan fingerprint density at radius 1 is 1.07 bits per heavy atom. The van der Waals surface area contributed by atoms with Gasteiger partial charge in [-0.3, -0.25) is 9.59 Å². The SMILES string of the molecule is COc1ccc(N2CCN(C(=O)c3c(C)sc4ccn(C)c(=O)c34)CC2)cc1. The Kier molecular flexibility index (Phi) is 4.85. The molecule has 1 aliphatic rings. The Morgan fingerprint density at radius 2 is 1.75 bits per heavy atom. The van der Waals surface area contributed by atoms with Crippen LogP contribution in [0.1, 0.15) is 15.2 Å². The zero-order valence-corrected chi connectivity index (χ0v) is 17.1. The minimum atomic E-state index is -0.109. The van der Waals surface area contributed by atoms with Crippen molar-refractivity contribution in [2.24, 2.45) is 7.05 Å². The van der Waals surface area contributed by atoms with Crippen molar-refractivity contribution >= 4 is 33.0 Å². The summed E-state index contributed by atoms with van der Waals surface area (Å²) >= 11 is 1.51. The molecule has 0 N–H and O–H groups in total. The van der Waals surface area contributed by atoms with E-state index in [-0.39, 0.29) is 11.5 Å². The molecule has 2 aromatic heterocycles. The lowest BCUT2D eigenvalue weighted by Crippen LogP contribution is -2.49. The zero-order valence-electron chi connectivity index (χ0n) is 16.3. The van der Waals surface area contributed by atoms with Gasteiger partial charge in [-0.1, -0.05) is 0 Å². The first-order valence-electron chi connectivity index (χ1n) is 9.26. The smallest absolute Gasteiger partial charge is 0.259 e. The highest BCUT2D eigenvalue weighted by Crippen LogP contribution is 2.30. The molecule has 0 spiro atoms. The number of carbonyl (C=O) groups excluding carboxylic acids is 1. The number of aromatic nitrogens is 1. The molecule has 0 aliphatic carbocycles. The highest BCUT2D eigenvalue weighted by molar-refractivity contribution is 7.19. The summed E-state index contributed by atoms with van der Waals surface area (Å²) in [5.41, 5.74) is 1.58. The Bertz CT molecular complexity index is 1080. The quantitative estimate of drug-likeness (QED) is 0.682. The molecule has 3 aromatic rings. The molecule has 146 valence electrons. The molecule has 0 unspecified atom stereocenters. The average Bonchev–Trinajstić information content (AvgIpc) is 3.07. The number of thiophene rings is 1. The molecule has 3 heterocycles. The van der Waals surface area contributed by atoms with E-state index >= 15 is 0 Å². The van der Waals surface area contributed by atoms with Crippen molar-refractivity contribution in [3.05, 3.63) is 57.3 Å². The number of anilines is 1.